The van der Waals surface area contributed by atoms with E-state index in [4.69, 9.17) is 4.74 Å². The van der Waals surface area contributed by atoms with Crippen molar-refractivity contribution < 1.29 is 9.13 Å². The summed E-state index contributed by atoms with van der Waals surface area (Å²) in [6.07, 6.45) is 3.41. The van der Waals surface area contributed by atoms with E-state index in [2.05, 4.69) is 24.9 Å². The monoisotopic (exact) mass is 404 g/mol. The predicted molar refractivity (Wildman–Crippen MR) is 114 cm³/mol. The van der Waals surface area contributed by atoms with Crippen LogP contribution < -0.4 is 14.5 Å². The molecule has 30 heavy (non-hydrogen) atoms. The first-order chi connectivity index (χ1) is 14.7. The van der Waals surface area contributed by atoms with Gasteiger partial charge in [0.2, 0.25) is 0 Å². The van der Waals surface area contributed by atoms with Gasteiger partial charge in [-0.2, -0.15) is 5.10 Å². The van der Waals surface area contributed by atoms with Crippen LogP contribution in [0, 0.1) is 5.82 Å². The number of halogens is 1. The van der Waals surface area contributed by atoms with E-state index in [1.165, 1.54) is 12.1 Å². The molecule has 7 nitrogen and oxygen atoms in total. The number of anilines is 2. The molecule has 0 bridgehead atoms. The molecule has 4 aromatic rings. The molecule has 152 valence electrons. The Morgan fingerprint density at radius 3 is 2.20 bits per heavy atom. The lowest BCUT2D eigenvalue weighted by Gasteiger charge is -2.36. The number of rotatable bonds is 4. The fourth-order valence-electron chi connectivity index (χ4n) is 3.82. The molecule has 0 spiro atoms. The van der Waals surface area contributed by atoms with Gasteiger partial charge in [-0.05, 0) is 48.5 Å². The van der Waals surface area contributed by atoms with Gasteiger partial charge in [-0.15, -0.1) is 0 Å². The number of fused-ring (bicyclic) bond motifs is 1. The highest BCUT2D eigenvalue weighted by Crippen LogP contribution is 2.27. The molecule has 5 rings (SSSR count). The summed E-state index contributed by atoms with van der Waals surface area (Å²) in [6, 6.07) is 14.4. The Kier molecular flexibility index (Phi) is 4.66. The minimum atomic E-state index is -0.213. The Morgan fingerprint density at radius 1 is 0.833 bits per heavy atom. The number of aromatic nitrogens is 4. The van der Waals surface area contributed by atoms with Crippen molar-refractivity contribution in [2.24, 2.45) is 0 Å². The van der Waals surface area contributed by atoms with Crippen LogP contribution in [0.1, 0.15) is 0 Å². The van der Waals surface area contributed by atoms with E-state index in [1.807, 2.05) is 47.3 Å². The third-order valence-corrected chi connectivity index (χ3v) is 5.43. The molecule has 0 unspecified atom stereocenters. The number of ether oxygens (including phenoxy) is 1. The van der Waals surface area contributed by atoms with Gasteiger partial charge in [0.25, 0.3) is 0 Å². The first-order valence-electron chi connectivity index (χ1n) is 9.81. The van der Waals surface area contributed by atoms with Gasteiger partial charge in [-0.3, -0.25) is 0 Å². The van der Waals surface area contributed by atoms with E-state index in [1.54, 1.807) is 13.4 Å². The largest absolute Gasteiger partial charge is 0.497 e. The number of hydrogen-bond acceptors (Lipinski definition) is 6. The van der Waals surface area contributed by atoms with Crippen molar-refractivity contribution in [1.29, 1.82) is 0 Å². The Hall–Kier alpha value is -3.68. The Morgan fingerprint density at radius 2 is 1.50 bits per heavy atom. The molecule has 3 heterocycles. The van der Waals surface area contributed by atoms with E-state index in [0.29, 0.717) is 0 Å². The average Bonchev–Trinajstić information content (AvgIpc) is 3.24. The number of benzene rings is 2. The lowest BCUT2D eigenvalue weighted by Crippen LogP contribution is -2.46. The maximum Gasteiger partial charge on any atom is 0.168 e. The minimum absolute atomic E-state index is 0.213. The molecule has 1 fully saturated rings. The van der Waals surface area contributed by atoms with E-state index in [9.17, 15) is 4.39 Å². The summed E-state index contributed by atoms with van der Waals surface area (Å²) in [5.74, 6) is 1.47. The van der Waals surface area contributed by atoms with E-state index >= 15 is 0 Å². The quantitative estimate of drug-likeness (QED) is 0.520. The highest BCUT2D eigenvalue weighted by molar-refractivity contribution is 5.87. The lowest BCUT2D eigenvalue weighted by atomic mass is 10.2. The summed E-state index contributed by atoms with van der Waals surface area (Å²) in [4.78, 5) is 13.5. The number of methoxy groups -OCH3 is 1. The molecule has 2 aromatic carbocycles. The molecule has 1 saturated heterocycles. The first kappa shape index (κ1) is 18.4. The standard InChI is InChI=1S/C22H21FN6O/c1-30-19-8-6-18(7-9-19)29-22-20(14-26-29)21(24-15-25-22)28-12-10-27(11-13-28)17-4-2-16(23)3-5-17/h2-9,14-15H,10-13H2,1H3. The molecular weight excluding hydrogens is 383 g/mol. The maximum atomic E-state index is 13.2. The molecule has 0 saturated carbocycles. The van der Waals surface area contributed by atoms with Gasteiger partial charge >= 0.3 is 0 Å². The Bertz CT molecular complexity index is 1150. The van der Waals surface area contributed by atoms with Crippen molar-refractivity contribution in [3.8, 4) is 11.4 Å². The molecule has 8 heteroatoms. The second kappa shape index (κ2) is 7.62. The Labute approximate surface area is 173 Å². The van der Waals surface area contributed by atoms with Gasteiger partial charge in [0, 0.05) is 31.9 Å². The summed E-state index contributed by atoms with van der Waals surface area (Å²) >= 11 is 0. The predicted octanol–water partition coefficient (Wildman–Crippen LogP) is 3.29. The normalized spacial score (nSPS) is 14.3. The molecule has 2 aromatic heterocycles. The highest BCUT2D eigenvalue weighted by Gasteiger charge is 2.22. The van der Waals surface area contributed by atoms with Crippen molar-refractivity contribution in [3.05, 3.63) is 66.9 Å². The van der Waals surface area contributed by atoms with E-state index < -0.39 is 0 Å². The van der Waals surface area contributed by atoms with Gasteiger partial charge in [0.1, 0.15) is 23.7 Å². The molecule has 0 radical (unpaired) electrons. The molecule has 0 aliphatic carbocycles. The SMILES string of the molecule is COc1ccc(-n2ncc3c(N4CCN(c5ccc(F)cc5)CC4)ncnc32)cc1. The van der Waals surface area contributed by atoms with Crippen LogP contribution in [0.2, 0.25) is 0 Å². The zero-order valence-corrected chi connectivity index (χ0v) is 16.6. The fourth-order valence-corrected chi connectivity index (χ4v) is 3.82. The molecule has 0 N–H and O–H groups in total. The van der Waals surface area contributed by atoms with Gasteiger partial charge in [0.15, 0.2) is 5.65 Å². The van der Waals surface area contributed by atoms with Crippen LogP contribution in [0.25, 0.3) is 16.7 Å². The fraction of sp³-hybridized carbons (Fsp3) is 0.227. The van der Waals surface area contributed by atoms with Gasteiger partial charge in [-0.1, -0.05) is 0 Å². The summed E-state index contributed by atoms with van der Waals surface area (Å²) in [6.45, 7) is 3.31. The van der Waals surface area contributed by atoms with Crippen molar-refractivity contribution in [1.82, 2.24) is 19.7 Å². The van der Waals surface area contributed by atoms with Crippen molar-refractivity contribution >= 4 is 22.5 Å². The number of nitrogens with zero attached hydrogens (tertiary/aromatic N) is 6. The van der Waals surface area contributed by atoms with Crippen LogP contribution in [0.15, 0.2) is 61.1 Å². The van der Waals surface area contributed by atoms with Gasteiger partial charge in [0.05, 0.1) is 24.4 Å². The minimum Gasteiger partial charge on any atom is -0.497 e. The summed E-state index contributed by atoms with van der Waals surface area (Å²) in [5.41, 5.74) is 2.72. The van der Waals surface area contributed by atoms with E-state index in [0.717, 1.165) is 60.2 Å². The topological polar surface area (TPSA) is 59.3 Å². The van der Waals surface area contributed by atoms with Crippen molar-refractivity contribution in [2.75, 3.05) is 43.1 Å². The highest BCUT2D eigenvalue weighted by atomic mass is 19.1. The molecule has 1 aliphatic rings. The van der Waals surface area contributed by atoms with Gasteiger partial charge < -0.3 is 14.5 Å². The summed E-state index contributed by atoms with van der Waals surface area (Å²) in [5, 5.41) is 5.47. The third-order valence-electron chi connectivity index (χ3n) is 5.43. The molecule has 0 atom stereocenters. The average molecular weight is 404 g/mol. The van der Waals surface area contributed by atoms with Crippen LogP contribution in [-0.4, -0.2) is 53.0 Å². The molecular formula is C22H21FN6O. The third kappa shape index (κ3) is 3.30. The number of piperazine rings is 1. The summed E-state index contributed by atoms with van der Waals surface area (Å²) in [7, 11) is 1.65. The van der Waals surface area contributed by atoms with E-state index in [-0.39, 0.29) is 5.82 Å². The maximum absolute atomic E-state index is 13.2. The second-order valence-electron chi connectivity index (χ2n) is 7.14. The van der Waals surface area contributed by atoms with Crippen LogP contribution in [0.3, 0.4) is 0 Å². The van der Waals surface area contributed by atoms with Crippen LogP contribution in [-0.2, 0) is 0 Å². The first-order valence-corrected chi connectivity index (χ1v) is 9.81. The lowest BCUT2D eigenvalue weighted by molar-refractivity contribution is 0.414. The zero-order chi connectivity index (χ0) is 20.5. The van der Waals surface area contributed by atoms with Crippen LogP contribution in [0.4, 0.5) is 15.9 Å². The molecule has 1 aliphatic heterocycles. The second-order valence-corrected chi connectivity index (χ2v) is 7.14. The van der Waals surface area contributed by atoms with Crippen LogP contribution >= 0.6 is 0 Å². The van der Waals surface area contributed by atoms with Crippen LogP contribution in [0.5, 0.6) is 5.75 Å². The summed E-state index contributed by atoms with van der Waals surface area (Å²) < 4.78 is 20.2. The zero-order valence-electron chi connectivity index (χ0n) is 16.6. The smallest absolute Gasteiger partial charge is 0.168 e. The van der Waals surface area contributed by atoms with Crippen molar-refractivity contribution in [2.45, 2.75) is 0 Å². The number of hydrogen-bond donors (Lipinski definition) is 0. The van der Waals surface area contributed by atoms with Gasteiger partial charge in [-0.25, -0.2) is 19.0 Å². The molecule has 0 amide bonds. The van der Waals surface area contributed by atoms with Crippen molar-refractivity contribution in [3.63, 3.8) is 0 Å². The Balaban J connectivity index is 1.39.